The maximum atomic E-state index is 9.31. The van der Waals surface area contributed by atoms with E-state index in [4.69, 9.17) is 4.74 Å². The first-order chi connectivity index (χ1) is 13.3. The lowest BCUT2D eigenvalue weighted by atomic mass is 9.92. The summed E-state index contributed by atoms with van der Waals surface area (Å²) in [6.45, 7) is 3.78. The number of benzene rings is 3. The zero-order valence-electron chi connectivity index (χ0n) is 15.8. The average Bonchev–Trinajstić information content (AvgIpc) is 2.74. The van der Waals surface area contributed by atoms with Gasteiger partial charge in [-0.05, 0) is 52.8 Å². The number of nitriles is 1. The normalized spacial score (nSPS) is 10.5. The highest BCUT2D eigenvalue weighted by Gasteiger charge is 2.09. The Balaban J connectivity index is 1.82. The van der Waals surface area contributed by atoms with Crippen LogP contribution in [0.1, 0.15) is 30.9 Å². The Hall–Kier alpha value is -2.89. The summed E-state index contributed by atoms with van der Waals surface area (Å²) in [6.07, 6.45) is 3.21. The highest BCUT2D eigenvalue weighted by molar-refractivity contribution is 5.84. The largest absolute Gasteiger partial charge is 0.381 e. The fraction of sp³-hybridized carbons (Fsp3) is 0.240. The summed E-state index contributed by atoms with van der Waals surface area (Å²) >= 11 is 0. The van der Waals surface area contributed by atoms with Crippen molar-refractivity contribution in [3.05, 3.63) is 83.9 Å². The minimum atomic E-state index is 0.679. The van der Waals surface area contributed by atoms with Gasteiger partial charge in [0.2, 0.25) is 0 Å². The van der Waals surface area contributed by atoms with E-state index in [-0.39, 0.29) is 0 Å². The van der Waals surface area contributed by atoms with Crippen LogP contribution in [0.4, 0.5) is 0 Å². The molecule has 0 N–H and O–H groups in total. The van der Waals surface area contributed by atoms with Gasteiger partial charge in [-0.25, -0.2) is 0 Å². The van der Waals surface area contributed by atoms with Crippen LogP contribution in [0, 0.1) is 11.3 Å². The third-order valence-corrected chi connectivity index (χ3v) is 4.68. The van der Waals surface area contributed by atoms with E-state index in [0.29, 0.717) is 5.56 Å². The van der Waals surface area contributed by atoms with Crippen molar-refractivity contribution < 1.29 is 4.74 Å². The first-order valence-electron chi connectivity index (χ1n) is 9.58. The summed E-state index contributed by atoms with van der Waals surface area (Å²) in [7, 11) is 0. The van der Waals surface area contributed by atoms with E-state index in [1.165, 1.54) is 12.0 Å². The summed E-state index contributed by atoms with van der Waals surface area (Å²) in [6, 6.07) is 27.1. The zero-order valence-corrected chi connectivity index (χ0v) is 15.8. The van der Waals surface area contributed by atoms with Crippen molar-refractivity contribution >= 4 is 0 Å². The molecule has 0 bridgehead atoms. The third-order valence-electron chi connectivity index (χ3n) is 4.68. The number of nitrogens with zero attached hydrogens (tertiary/aromatic N) is 1. The van der Waals surface area contributed by atoms with Crippen molar-refractivity contribution in [2.24, 2.45) is 0 Å². The monoisotopic (exact) mass is 355 g/mol. The summed E-state index contributed by atoms with van der Waals surface area (Å²) in [4.78, 5) is 0. The van der Waals surface area contributed by atoms with Gasteiger partial charge < -0.3 is 4.74 Å². The molecule has 0 saturated heterocycles. The van der Waals surface area contributed by atoms with Gasteiger partial charge in [-0.2, -0.15) is 5.26 Å². The first kappa shape index (κ1) is 18.9. The molecule has 0 amide bonds. The smallest absolute Gasteiger partial charge is 0.0991 e. The Kier molecular flexibility index (Phi) is 6.79. The molecule has 3 aromatic carbocycles. The molecule has 2 nitrogen and oxygen atoms in total. The van der Waals surface area contributed by atoms with E-state index < -0.39 is 0 Å². The van der Waals surface area contributed by atoms with E-state index in [2.05, 4.69) is 49.4 Å². The molecular weight excluding hydrogens is 330 g/mol. The van der Waals surface area contributed by atoms with Crippen LogP contribution in [0.5, 0.6) is 0 Å². The molecule has 0 saturated carbocycles. The summed E-state index contributed by atoms with van der Waals surface area (Å²) in [5.74, 6) is 0. The van der Waals surface area contributed by atoms with Crippen LogP contribution in [0.15, 0.2) is 72.8 Å². The van der Waals surface area contributed by atoms with E-state index in [0.717, 1.165) is 48.3 Å². The van der Waals surface area contributed by atoms with Crippen molar-refractivity contribution in [1.82, 2.24) is 0 Å². The SMILES string of the molecule is CCCCOCCc1ccc(-c2cc(C#N)ccc2-c2ccccc2)cc1. The van der Waals surface area contributed by atoms with Gasteiger partial charge in [0.1, 0.15) is 0 Å². The molecule has 0 aromatic heterocycles. The maximum absolute atomic E-state index is 9.31. The van der Waals surface area contributed by atoms with E-state index in [9.17, 15) is 5.26 Å². The highest BCUT2D eigenvalue weighted by Crippen LogP contribution is 2.33. The Morgan fingerprint density at radius 3 is 2.26 bits per heavy atom. The van der Waals surface area contributed by atoms with Gasteiger partial charge in [-0.1, -0.05) is 74.0 Å². The average molecular weight is 355 g/mol. The number of hydrogen-bond donors (Lipinski definition) is 0. The lowest BCUT2D eigenvalue weighted by molar-refractivity contribution is 0.134. The van der Waals surface area contributed by atoms with Gasteiger partial charge >= 0.3 is 0 Å². The molecule has 3 rings (SSSR count). The van der Waals surface area contributed by atoms with Crippen molar-refractivity contribution in [2.45, 2.75) is 26.2 Å². The Morgan fingerprint density at radius 1 is 0.815 bits per heavy atom. The summed E-state index contributed by atoms with van der Waals surface area (Å²) < 4.78 is 5.66. The minimum Gasteiger partial charge on any atom is -0.381 e. The zero-order chi connectivity index (χ0) is 18.9. The molecule has 0 aliphatic rings. The molecule has 0 aliphatic carbocycles. The van der Waals surface area contributed by atoms with Gasteiger partial charge in [-0.3, -0.25) is 0 Å². The lowest BCUT2D eigenvalue weighted by Crippen LogP contribution is -2.00. The molecule has 27 heavy (non-hydrogen) atoms. The van der Waals surface area contributed by atoms with Gasteiger partial charge in [0.15, 0.2) is 0 Å². The van der Waals surface area contributed by atoms with Crippen molar-refractivity contribution in [3.63, 3.8) is 0 Å². The Bertz CT molecular complexity index is 892. The molecule has 0 heterocycles. The Morgan fingerprint density at radius 2 is 1.56 bits per heavy atom. The van der Waals surface area contributed by atoms with E-state index in [1.54, 1.807) is 0 Å². The van der Waals surface area contributed by atoms with Crippen molar-refractivity contribution in [2.75, 3.05) is 13.2 Å². The van der Waals surface area contributed by atoms with Crippen LogP contribution in [-0.2, 0) is 11.2 Å². The fourth-order valence-corrected chi connectivity index (χ4v) is 3.11. The first-order valence-corrected chi connectivity index (χ1v) is 9.58. The van der Waals surface area contributed by atoms with Gasteiger partial charge in [0, 0.05) is 6.61 Å². The standard InChI is InChI=1S/C25H25NO/c1-2-3-16-27-17-15-20-9-12-23(13-10-20)25-18-21(19-26)11-14-24(25)22-7-5-4-6-8-22/h4-14,18H,2-3,15-17H2,1H3. The van der Waals surface area contributed by atoms with Crippen molar-refractivity contribution in [3.8, 4) is 28.3 Å². The molecule has 3 aromatic rings. The molecule has 0 spiro atoms. The molecule has 0 fully saturated rings. The van der Waals surface area contributed by atoms with Gasteiger partial charge in [0.25, 0.3) is 0 Å². The predicted octanol–water partition coefficient (Wildman–Crippen LogP) is 6.25. The molecule has 0 atom stereocenters. The Labute approximate surface area is 162 Å². The topological polar surface area (TPSA) is 33.0 Å². The third kappa shape index (κ3) is 5.06. The summed E-state index contributed by atoms with van der Waals surface area (Å²) in [5, 5.41) is 9.31. The van der Waals surface area contributed by atoms with E-state index >= 15 is 0 Å². The summed E-state index contributed by atoms with van der Waals surface area (Å²) in [5.41, 5.74) is 6.47. The molecular formula is C25H25NO. The second-order valence-electron chi connectivity index (χ2n) is 6.65. The van der Waals surface area contributed by atoms with Crippen LogP contribution in [0.3, 0.4) is 0 Å². The molecule has 0 radical (unpaired) electrons. The highest BCUT2D eigenvalue weighted by atomic mass is 16.5. The molecule has 136 valence electrons. The fourth-order valence-electron chi connectivity index (χ4n) is 3.11. The molecule has 2 heteroatoms. The quantitative estimate of drug-likeness (QED) is 0.447. The van der Waals surface area contributed by atoms with Crippen LogP contribution in [-0.4, -0.2) is 13.2 Å². The van der Waals surface area contributed by atoms with Crippen LogP contribution in [0.25, 0.3) is 22.3 Å². The number of rotatable bonds is 8. The number of hydrogen-bond acceptors (Lipinski definition) is 2. The second kappa shape index (κ2) is 9.71. The molecule has 0 unspecified atom stereocenters. The van der Waals surface area contributed by atoms with Crippen LogP contribution in [0.2, 0.25) is 0 Å². The maximum Gasteiger partial charge on any atom is 0.0991 e. The van der Waals surface area contributed by atoms with Gasteiger partial charge in [0.05, 0.1) is 18.2 Å². The van der Waals surface area contributed by atoms with Crippen LogP contribution >= 0.6 is 0 Å². The van der Waals surface area contributed by atoms with Crippen LogP contribution < -0.4 is 0 Å². The minimum absolute atomic E-state index is 0.679. The lowest BCUT2D eigenvalue weighted by Gasteiger charge is -2.12. The predicted molar refractivity (Wildman–Crippen MR) is 111 cm³/mol. The van der Waals surface area contributed by atoms with Gasteiger partial charge in [-0.15, -0.1) is 0 Å². The number of ether oxygens (including phenoxy) is 1. The van der Waals surface area contributed by atoms with E-state index in [1.807, 2.05) is 36.4 Å². The number of unbranched alkanes of at least 4 members (excludes halogenated alkanes) is 1. The second-order valence-corrected chi connectivity index (χ2v) is 6.65. The van der Waals surface area contributed by atoms with Crippen molar-refractivity contribution in [1.29, 1.82) is 5.26 Å². The molecule has 0 aliphatic heterocycles.